The van der Waals surface area contributed by atoms with Gasteiger partial charge in [0.25, 0.3) is 0 Å². The van der Waals surface area contributed by atoms with Gasteiger partial charge in [-0.25, -0.2) is 14.6 Å². The molecule has 0 bridgehead atoms. The predicted molar refractivity (Wildman–Crippen MR) is 143 cm³/mol. The molecular weight excluding hydrogens is 505 g/mol. The molecule has 0 radical (unpaired) electrons. The molecule has 196 valence electrons. The van der Waals surface area contributed by atoms with E-state index in [0.29, 0.717) is 40.0 Å². The lowest BCUT2D eigenvalue weighted by atomic mass is 9.75. The fourth-order valence-electron chi connectivity index (χ4n) is 5.16. The first-order chi connectivity index (χ1) is 18.6. The Hall–Kier alpha value is -4.73. The Balaban J connectivity index is 1.54. The van der Waals surface area contributed by atoms with Gasteiger partial charge in [-0.05, 0) is 36.3 Å². The summed E-state index contributed by atoms with van der Waals surface area (Å²) in [5.74, 6) is 0.254. The van der Waals surface area contributed by atoms with Crippen molar-refractivity contribution in [2.75, 3.05) is 5.73 Å². The number of hydrogen-bond donors (Lipinski definition) is 2. The van der Waals surface area contributed by atoms with E-state index in [1.54, 1.807) is 35.0 Å². The number of aromatic hydroxyl groups is 1. The summed E-state index contributed by atoms with van der Waals surface area (Å²) in [4.78, 5) is 13.3. The van der Waals surface area contributed by atoms with Crippen LogP contribution in [0.5, 0.6) is 5.75 Å². The minimum Gasteiger partial charge on any atom is -0.508 e. The van der Waals surface area contributed by atoms with Gasteiger partial charge in [-0.1, -0.05) is 55.5 Å². The van der Waals surface area contributed by atoms with Gasteiger partial charge < -0.3 is 10.8 Å². The van der Waals surface area contributed by atoms with E-state index in [1.165, 1.54) is 18.5 Å². The highest BCUT2D eigenvalue weighted by Gasteiger charge is 2.38. The number of anilines is 1. The maximum atomic E-state index is 14.1. The van der Waals surface area contributed by atoms with Crippen molar-refractivity contribution in [3.8, 4) is 17.0 Å². The fraction of sp³-hybridized carbons (Fsp3) is 0.172. The predicted octanol–water partition coefficient (Wildman–Crippen LogP) is 6.08. The van der Waals surface area contributed by atoms with E-state index < -0.39 is 17.2 Å². The van der Waals surface area contributed by atoms with Crippen LogP contribution in [0, 0.1) is 5.41 Å². The molecule has 0 spiro atoms. The molecule has 0 saturated heterocycles. The lowest BCUT2D eigenvalue weighted by Gasteiger charge is -2.34. The van der Waals surface area contributed by atoms with Crippen molar-refractivity contribution in [3.63, 3.8) is 0 Å². The largest absolute Gasteiger partial charge is 0.508 e. The van der Waals surface area contributed by atoms with Crippen molar-refractivity contribution < 1.29 is 18.3 Å². The maximum absolute atomic E-state index is 14.1. The van der Waals surface area contributed by atoms with Crippen molar-refractivity contribution in [3.05, 3.63) is 102 Å². The molecule has 3 heterocycles. The summed E-state index contributed by atoms with van der Waals surface area (Å²) in [6.07, 6.45) is 5.11. The summed E-state index contributed by atoms with van der Waals surface area (Å²) in [5, 5.41) is 15.3. The zero-order valence-corrected chi connectivity index (χ0v) is 20.8. The lowest BCUT2D eigenvalue weighted by Crippen LogP contribution is -2.28. The molecule has 1 aliphatic carbocycles. The summed E-state index contributed by atoms with van der Waals surface area (Å²) < 4.78 is 43.8. The molecule has 1 aliphatic heterocycles. The molecule has 39 heavy (non-hydrogen) atoms. The smallest absolute Gasteiger partial charge is 0.417 e. The molecule has 2 aromatic carbocycles. The number of phenolic OH excluding ortho intramolecular Hbond substituents is 1. The number of aromatic nitrogens is 4. The van der Waals surface area contributed by atoms with Crippen molar-refractivity contribution in [1.82, 2.24) is 19.7 Å². The molecule has 0 amide bonds. The highest BCUT2D eigenvalue weighted by Crippen LogP contribution is 2.43. The van der Waals surface area contributed by atoms with E-state index in [2.05, 4.69) is 9.97 Å². The van der Waals surface area contributed by atoms with Gasteiger partial charge in [0.05, 0.1) is 28.9 Å². The third-order valence-electron chi connectivity index (χ3n) is 7.03. The number of alkyl halides is 3. The van der Waals surface area contributed by atoms with Crippen molar-refractivity contribution in [1.29, 1.82) is 0 Å². The second kappa shape index (κ2) is 8.93. The number of rotatable bonds is 4. The maximum Gasteiger partial charge on any atom is 0.417 e. The lowest BCUT2D eigenvalue weighted by molar-refractivity contribution is -0.137. The average Bonchev–Trinajstić information content (AvgIpc) is 3.27. The number of nitrogens with two attached hydrogens (primary N) is 1. The van der Waals surface area contributed by atoms with Crippen molar-refractivity contribution in [2.45, 2.75) is 26.1 Å². The van der Waals surface area contributed by atoms with Crippen LogP contribution in [0.4, 0.5) is 19.0 Å². The molecule has 0 fully saturated rings. The molecule has 3 N–H and O–H groups in total. The summed E-state index contributed by atoms with van der Waals surface area (Å²) >= 11 is 0. The van der Waals surface area contributed by atoms with E-state index in [-0.39, 0.29) is 29.4 Å². The topological polar surface area (TPSA) is 102 Å². The van der Waals surface area contributed by atoms with Crippen LogP contribution in [-0.4, -0.2) is 30.6 Å². The first kappa shape index (κ1) is 24.6. The van der Waals surface area contributed by atoms with Crippen LogP contribution in [0.3, 0.4) is 0 Å². The molecule has 7 nitrogen and oxygen atoms in total. The number of nitrogens with zero attached hydrogens (tertiary/aromatic N) is 5. The number of aliphatic imine (C=N–C) groups is 1. The van der Waals surface area contributed by atoms with Gasteiger partial charge >= 0.3 is 6.18 Å². The number of dihydropyridines is 1. The zero-order chi connectivity index (χ0) is 27.4. The third kappa shape index (κ3) is 4.27. The fourth-order valence-corrected chi connectivity index (χ4v) is 5.16. The number of fused-ring (bicyclic) bond motifs is 2. The molecule has 6 rings (SSSR count). The standard InChI is InChI=1S/C29H23F3N6O/c1-28-12-5-4-11-22(28)36-24(20-9-2-3-10-21(20)29(30,31)32)18(14-28)15-38-27-23(26(33)34-16-35-27)25(37-38)17-7-6-8-19(39)13-17/h2-11,13-14,16,39H,12,15H2,1H3,(H2,33,34,35). The minimum atomic E-state index is -4.56. The van der Waals surface area contributed by atoms with Gasteiger partial charge in [0.2, 0.25) is 0 Å². The molecule has 10 heteroatoms. The molecule has 4 aromatic rings. The summed E-state index contributed by atoms with van der Waals surface area (Å²) in [6.45, 7) is 2.10. The first-order valence-electron chi connectivity index (χ1n) is 12.3. The van der Waals surface area contributed by atoms with Crippen LogP contribution >= 0.6 is 0 Å². The molecular formula is C29H23F3N6O. The van der Waals surface area contributed by atoms with Crippen molar-refractivity contribution >= 4 is 22.6 Å². The quantitative estimate of drug-likeness (QED) is 0.334. The van der Waals surface area contributed by atoms with Gasteiger partial charge in [-0.2, -0.15) is 18.3 Å². The van der Waals surface area contributed by atoms with Crippen LogP contribution < -0.4 is 5.73 Å². The number of phenols is 1. The zero-order valence-electron chi connectivity index (χ0n) is 20.8. The van der Waals surface area contributed by atoms with Crippen LogP contribution in [0.2, 0.25) is 0 Å². The average molecular weight is 529 g/mol. The van der Waals surface area contributed by atoms with Crippen LogP contribution in [-0.2, 0) is 12.7 Å². The number of benzene rings is 2. The summed E-state index contributed by atoms with van der Waals surface area (Å²) in [5.41, 5.74) is 7.93. The highest BCUT2D eigenvalue weighted by atomic mass is 19.4. The first-order valence-corrected chi connectivity index (χ1v) is 12.3. The van der Waals surface area contributed by atoms with E-state index in [0.717, 1.165) is 6.07 Å². The monoisotopic (exact) mass is 528 g/mol. The Bertz CT molecular complexity index is 1750. The second-order valence-electron chi connectivity index (χ2n) is 9.79. The molecule has 1 atom stereocenters. The van der Waals surface area contributed by atoms with E-state index in [1.807, 2.05) is 31.2 Å². The SMILES string of the molecule is CC12C=C(Cn3nc(-c4cccc(O)c4)c4c(N)ncnc43)C(c3ccccc3C(F)(F)F)=NC1=CC=CC2. The highest BCUT2D eigenvalue weighted by molar-refractivity contribution is 6.15. The summed E-state index contributed by atoms with van der Waals surface area (Å²) in [7, 11) is 0. The van der Waals surface area contributed by atoms with Gasteiger partial charge in [0, 0.05) is 16.5 Å². The van der Waals surface area contributed by atoms with Gasteiger partial charge in [0.1, 0.15) is 23.6 Å². The van der Waals surface area contributed by atoms with Crippen molar-refractivity contribution in [2.24, 2.45) is 10.4 Å². The van der Waals surface area contributed by atoms with Crippen LogP contribution in [0.15, 0.2) is 95.4 Å². The van der Waals surface area contributed by atoms with Gasteiger partial charge in [-0.15, -0.1) is 0 Å². The molecule has 2 aliphatic rings. The van der Waals surface area contributed by atoms with E-state index in [9.17, 15) is 18.3 Å². The van der Waals surface area contributed by atoms with Crippen LogP contribution in [0.1, 0.15) is 24.5 Å². The number of halogens is 3. The van der Waals surface area contributed by atoms with Gasteiger partial charge in [-0.3, -0.25) is 4.99 Å². The second-order valence-corrected chi connectivity index (χ2v) is 9.79. The Morgan fingerprint density at radius 3 is 2.72 bits per heavy atom. The Morgan fingerprint density at radius 1 is 1.10 bits per heavy atom. The third-order valence-corrected chi connectivity index (χ3v) is 7.03. The Morgan fingerprint density at radius 2 is 1.92 bits per heavy atom. The molecule has 0 saturated carbocycles. The Kier molecular flexibility index (Phi) is 5.64. The molecule has 1 unspecified atom stereocenters. The summed E-state index contributed by atoms with van der Waals surface area (Å²) in [6, 6.07) is 12.0. The normalized spacial score (nSPS) is 18.9. The van der Waals surface area contributed by atoms with E-state index in [4.69, 9.17) is 15.8 Å². The Labute approximate surface area is 221 Å². The number of allylic oxidation sites excluding steroid dienone is 5. The van der Waals surface area contributed by atoms with Crippen LogP contribution in [0.25, 0.3) is 22.3 Å². The van der Waals surface area contributed by atoms with E-state index >= 15 is 0 Å². The minimum absolute atomic E-state index is 0.00689. The molecule has 2 aromatic heterocycles. The van der Waals surface area contributed by atoms with Gasteiger partial charge in [0.15, 0.2) is 5.65 Å². The number of hydrogen-bond acceptors (Lipinski definition) is 6. The number of nitrogen functional groups attached to an aromatic ring is 1.